The van der Waals surface area contributed by atoms with Crippen molar-refractivity contribution in [2.45, 2.75) is 52.0 Å². The van der Waals surface area contributed by atoms with Crippen LogP contribution in [0.3, 0.4) is 0 Å². The van der Waals surface area contributed by atoms with Crippen LogP contribution >= 0.6 is 0 Å². The largest absolute Gasteiger partial charge is 0.385 e. The first kappa shape index (κ1) is 28.1. The molecular weight excluding hydrogens is 490 g/mol. The molecule has 1 saturated heterocycles. The molecule has 5 rings (SSSR count). The number of rotatable bonds is 4. The summed E-state index contributed by atoms with van der Waals surface area (Å²) in [4.78, 5) is 20.7. The monoisotopic (exact) mass is 529 g/mol. The number of anilines is 1. The fourth-order valence-corrected chi connectivity index (χ4v) is 5.41. The molecule has 2 amide bonds. The Morgan fingerprint density at radius 2 is 1.97 bits per heavy atom. The molecule has 9 heteroatoms. The van der Waals surface area contributed by atoms with E-state index in [0.717, 1.165) is 72.7 Å². The van der Waals surface area contributed by atoms with Crippen molar-refractivity contribution in [3.63, 3.8) is 0 Å². The van der Waals surface area contributed by atoms with E-state index in [-0.39, 0.29) is 6.03 Å². The molecule has 1 aromatic carbocycles. The highest BCUT2D eigenvalue weighted by Gasteiger charge is 2.31. The normalized spacial score (nSPS) is 17.4. The van der Waals surface area contributed by atoms with Gasteiger partial charge in [0.15, 0.2) is 0 Å². The Kier molecular flexibility index (Phi) is 9.55. The van der Waals surface area contributed by atoms with Gasteiger partial charge in [-0.2, -0.15) is 5.26 Å². The molecule has 2 aromatic rings. The van der Waals surface area contributed by atoms with Crippen LogP contribution in [0.15, 0.2) is 47.8 Å². The number of ether oxygens (including phenoxy) is 1. The van der Waals surface area contributed by atoms with E-state index >= 15 is 0 Å². The number of nitrogens with zero attached hydrogens (tertiary/aromatic N) is 4. The van der Waals surface area contributed by atoms with Crippen molar-refractivity contribution in [3.8, 4) is 17.3 Å². The number of aromatic nitrogens is 1. The molecule has 9 nitrogen and oxygen atoms in total. The van der Waals surface area contributed by atoms with Gasteiger partial charge in [-0.1, -0.05) is 19.9 Å². The van der Waals surface area contributed by atoms with Crippen molar-refractivity contribution in [1.29, 1.82) is 10.7 Å². The highest BCUT2D eigenvalue weighted by Crippen LogP contribution is 2.35. The topological polar surface area (TPSA) is 117 Å². The van der Waals surface area contributed by atoms with Gasteiger partial charge in [-0.05, 0) is 55.5 Å². The first-order valence-corrected chi connectivity index (χ1v) is 14.0. The van der Waals surface area contributed by atoms with Crippen LogP contribution in [0, 0.1) is 16.7 Å². The van der Waals surface area contributed by atoms with E-state index in [4.69, 9.17) is 4.74 Å². The summed E-state index contributed by atoms with van der Waals surface area (Å²) in [5, 5.41) is 25.7. The van der Waals surface area contributed by atoms with E-state index in [2.05, 4.69) is 27.8 Å². The molecule has 0 saturated carbocycles. The minimum atomic E-state index is -0.138. The molecule has 0 unspecified atom stereocenters. The van der Waals surface area contributed by atoms with Crippen molar-refractivity contribution in [2.75, 3.05) is 44.8 Å². The van der Waals surface area contributed by atoms with Gasteiger partial charge in [0, 0.05) is 74.5 Å². The molecule has 0 aliphatic carbocycles. The third-order valence-electron chi connectivity index (χ3n) is 7.40. The average molecular weight is 530 g/mol. The second-order valence-corrected chi connectivity index (χ2v) is 9.67. The van der Waals surface area contributed by atoms with Crippen LogP contribution in [-0.4, -0.2) is 67.7 Å². The number of amidine groups is 1. The summed E-state index contributed by atoms with van der Waals surface area (Å²) >= 11 is 0. The third kappa shape index (κ3) is 6.23. The lowest BCUT2D eigenvalue weighted by Gasteiger charge is -2.38. The zero-order valence-electron chi connectivity index (χ0n) is 23.2. The smallest absolute Gasteiger partial charge is 0.317 e. The van der Waals surface area contributed by atoms with Crippen molar-refractivity contribution >= 4 is 17.6 Å². The number of urea groups is 1. The van der Waals surface area contributed by atoms with Crippen molar-refractivity contribution < 1.29 is 9.53 Å². The van der Waals surface area contributed by atoms with Crippen LogP contribution in [0.2, 0.25) is 0 Å². The molecular formula is C30H39N7O2. The minimum Gasteiger partial charge on any atom is -0.385 e. The maximum atomic E-state index is 12.5. The summed E-state index contributed by atoms with van der Waals surface area (Å²) in [6.45, 7) is 7.12. The predicted molar refractivity (Wildman–Crippen MR) is 154 cm³/mol. The Morgan fingerprint density at radius 3 is 2.67 bits per heavy atom. The van der Waals surface area contributed by atoms with Gasteiger partial charge in [0.2, 0.25) is 0 Å². The summed E-state index contributed by atoms with van der Waals surface area (Å²) in [6, 6.07) is 12.2. The van der Waals surface area contributed by atoms with E-state index < -0.39 is 0 Å². The molecule has 39 heavy (non-hydrogen) atoms. The quantitative estimate of drug-likeness (QED) is 0.398. The maximum absolute atomic E-state index is 12.5. The Bertz CT molecular complexity index is 1250. The summed E-state index contributed by atoms with van der Waals surface area (Å²) in [5.41, 5.74) is 6.00. The second kappa shape index (κ2) is 13.3. The van der Waals surface area contributed by atoms with Gasteiger partial charge in [-0.3, -0.25) is 10.4 Å². The number of carbonyl (C=O) groups is 1. The first-order valence-electron chi connectivity index (χ1n) is 14.0. The molecule has 3 aliphatic rings. The van der Waals surface area contributed by atoms with Gasteiger partial charge in [-0.15, -0.1) is 0 Å². The van der Waals surface area contributed by atoms with Gasteiger partial charge in [-0.25, -0.2) is 4.79 Å². The highest BCUT2D eigenvalue weighted by molar-refractivity contribution is 6.09. The van der Waals surface area contributed by atoms with Gasteiger partial charge in [0.1, 0.15) is 5.84 Å². The number of carbonyl (C=O) groups excluding carboxylic acids is 1. The van der Waals surface area contributed by atoms with Crippen molar-refractivity contribution in [3.05, 3.63) is 58.9 Å². The van der Waals surface area contributed by atoms with Crippen molar-refractivity contribution in [2.24, 2.45) is 0 Å². The molecule has 1 aromatic heterocycles. The minimum absolute atomic E-state index is 0.138. The number of aryl methyl sites for hydroxylation is 1. The van der Waals surface area contributed by atoms with Crippen LogP contribution in [0.25, 0.3) is 11.3 Å². The van der Waals surface area contributed by atoms with E-state index in [9.17, 15) is 15.5 Å². The van der Waals surface area contributed by atoms with E-state index in [1.54, 1.807) is 18.1 Å². The zero-order valence-corrected chi connectivity index (χ0v) is 23.2. The number of pyridine rings is 1. The Balaban J connectivity index is 0.00000172. The second-order valence-electron chi connectivity index (χ2n) is 9.67. The fourth-order valence-electron chi connectivity index (χ4n) is 5.41. The average Bonchev–Trinajstić information content (AvgIpc) is 3.01. The molecule has 0 radical (unpaired) electrons. The SMILES string of the molecule is CC.CNC(=O)N1CCC(NC2CCOCC2)=C(C(=N)N2CCCc3cc(-c4ccccn4)c(C#N)cc32)C1. The standard InChI is InChI=1S/C28H33N7O2.C2H6/c1-31-28(36)34-12-7-25(33-21-8-13-37-14-9-21)23(18-34)27(30)35-11-4-5-19-15-22(20(17-29)16-26(19)35)24-6-2-3-10-32-24;1-2/h2-3,6,10,15-16,21,30,33H,4-5,7-9,11-14,18H2,1H3,(H,31,36);1-2H3. The molecule has 0 bridgehead atoms. The fraction of sp³-hybridized carbons (Fsp3) is 0.467. The molecule has 206 valence electrons. The Labute approximate surface area is 231 Å². The number of benzene rings is 1. The lowest BCUT2D eigenvalue weighted by molar-refractivity contribution is 0.0798. The number of amides is 2. The lowest BCUT2D eigenvalue weighted by atomic mass is 9.93. The summed E-state index contributed by atoms with van der Waals surface area (Å²) in [5.74, 6) is 0.388. The molecule has 4 heterocycles. The summed E-state index contributed by atoms with van der Waals surface area (Å²) in [7, 11) is 1.64. The van der Waals surface area contributed by atoms with Gasteiger partial charge in [0.05, 0.1) is 23.9 Å². The van der Waals surface area contributed by atoms with Gasteiger partial charge < -0.3 is 25.2 Å². The van der Waals surface area contributed by atoms with Crippen LogP contribution in [0.5, 0.6) is 0 Å². The summed E-state index contributed by atoms with van der Waals surface area (Å²) < 4.78 is 5.53. The van der Waals surface area contributed by atoms with Crippen molar-refractivity contribution in [1.82, 2.24) is 20.5 Å². The molecule has 1 fully saturated rings. The summed E-state index contributed by atoms with van der Waals surface area (Å²) in [6.07, 6.45) is 6.04. The number of nitrogens with one attached hydrogen (secondary N) is 3. The predicted octanol–water partition coefficient (Wildman–Crippen LogP) is 4.44. The van der Waals surface area contributed by atoms with E-state index in [1.165, 1.54) is 0 Å². The van der Waals surface area contributed by atoms with E-state index in [1.807, 2.05) is 43.0 Å². The van der Waals surface area contributed by atoms with Crippen LogP contribution in [0.1, 0.15) is 50.7 Å². The maximum Gasteiger partial charge on any atom is 0.317 e. The van der Waals surface area contributed by atoms with E-state index in [0.29, 0.717) is 43.5 Å². The number of hydrogen-bond acceptors (Lipinski definition) is 6. The lowest BCUT2D eigenvalue weighted by Crippen LogP contribution is -2.48. The Morgan fingerprint density at radius 1 is 1.18 bits per heavy atom. The number of fused-ring (bicyclic) bond motifs is 1. The molecule has 0 atom stereocenters. The molecule has 3 aliphatic heterocycles. The molecule has 3 N–H and O–H groups in total. The highest BCUT2D eigenvalue weighted by atomic mass is 16.5. The van der Waals surface area contributed by atoms with Crippen LogP contribution in [-0.2, 0) is 11.2 Å². The first-order chi connectivity index (χ1) is 19.1. The third-order valence-corrected chi connectivity index (χ3v) is 7.40. The zero-order chi connectivity index (χ0) is 27.8. The van der Waals surface area contributed by atoms with Gasteiger partial charge in [0.25, 0.3) is 0 Å². The van der Waals surface area contributed by atoms with Gasteiger partial charge >= 0.3 is 6.03 Å². The molecule has 0 spiro atoms. The number of nitriles is 1. The van der Waals surface area contributed by atoms with Crippen LogP contribution in [0.4, 0.5) is 10.5 Å². The number of hydrogen-bond donors (Lipinski definition) is 3. The van der Waals surface area contributed by atoms with Crippen LogP contribution < -0.4 is 15.5 Å². The Hall–Kier alpha value is -3.90.